The molecule has 29 heavy (non-hydrogen) atoms. The van der Waals surface area contributed by atoms with Gasteiger partial charge in [-0.15, -0.1) is 0 Å². The Labute approximate surface area is 171 Å². The van der Waals surface area contributed by atoms with Crippen LogP contribution in [0, 0.1) is 5.92 Å². The molecule has 0 bridgehead atoms. The zero-order valence-corrected chi connectivity index (χ0v) is 16.5. The lowest BCUT2D eigenvalue weighted by atomic mass is 9.82. The largest absolute Gasteiger partial charge is 0.354 e. The zero-order valence-electron chi connectivity index (χ0n) is 16.5. The fourth-order valence-electron chi connectivity index (χ4n) is 4.65. The fourth-order valence-corrected chi connectivity index (χ4v) is 4.65. The second-order valence-electron chi connectivity index (χ2n) is 8.07. The molecular formula is C27H25NO. The van der Waals surface area contributed by atoms with E-state index in [0.29, 0.717) is 5.78 Å². The summed E-state index contributed by atoms with van der Waals surface area (Å²) < 4.78 is 0. The molecule has 2 heteroatoms. The number of benzene rings is 3. The van der Waals surface area contributed by atoms with Crippen LogP contribution in [0.1, 0.15) is 42.5 Å². The van der Waals surface area contributed by atoms with Crippen molar-refractivity contribution in [2.45, 2.75) is 32.1 Å². The van der Waals surface area contributed by atoms with Gasteiger partial charge in [0.05, 0.1) is 11.3 Å². The van der Waals surface area contributed by atoms with Crippen LogP contribution in [-0.4, -0.2) is 10.8 Å². The van der Waals surface area contributed by atoms with Gasteiger partial charge >= 0.3 is 0 Å². The Morgan fingerprint density at radius 2 is 1.38 bits per heavy atom. The maximum atomic E-state index is 13.7. The maximum absolute atomic E-state index is 13.7. The van der Waals surface area contributed by atoms with Crippen molar-refractivity contribution in [3.63, 3.8) is 0 Å². The smallest absolute Gasteiger partial charge is 0.168 e. The molecule has 0 spiro atoms. The van der Waals surface area contributed by atoms with Crippen molar-refractivity contribution in [1.82, 2.24) is 4.98 Å². The van der Waals surface area contributed by atoms with Gasteiger partial charge in [-0.25, -0.2) is 0 Å². The number of aromatic nitrogens is 1. The van der Waals surface area contributed by atoms with E-state index in [0.717, 1.165) is 59.0 Å². The summed E-state index contributed by atoms with van der Waals surface area (Å²) in [6.45, 7) is 0. The lowest BCUT2D eigenvalue weighted by Crippen LogP contribution is -2.18. The summed E-state index contributed by atoms with van der Waals surface area (Å²) >= 11 is 0. The van der Waals surface area contributed by atoms with E-state index in [1.807, 2.05) is 24.3 Å². The number of hydrogen-bond acceptors (Lipinski definition) is 1. The molecule has 0 atom stereocenters. The van der Waals surface area contributed by atoms with Crippen molar-refractivity contribution in [2.75, 3.05) is 0 Å². The maximum Gasteiger partial charge on any atom is 0.168 e. The second-order valence-corrected chi connectivity index (χ2v) is 8.07. The predicted molar refractivity (Wildman–Crippen MR) is 120 cm³/mol. The van der Waals surface area contributed by atoms with Crippen LogP contribution < -0.4 is 0 Å². The normalized spacial score (nSPS) is 14.9. The molecule has 1 fully saturated rings. The molecule has 1 heterocycles. The Morgan fingerprint density at radius 1 is 0.724 bits per heavy atom. The molecule has 1 saturated carbocycles. The van der Waals surface area contributed by atoms with Gasteiger partial charge < -0.3 is 4.98 Å². The highest BCUT2D eigenvalue weighted by Crippen LogP contribution is 2.37. The molecule has 4 aromatic rings. The van der Waals surface area contributed by atoms with E-state index in [1.54, 1.807) is 0 Å². The SMILES string of the molecule is O=C(c1c(-c2ccccc2)[nH]c2ccc(-c3ccccc3)cc12)C1CCCCC1. The van der Waals surface area contributed by atoms with Crippen LogP contribution in [0.25, 0.3) is 33.3 Å². The number of Topliss-reactive ketones (excluding diaryl/α,β-unsaturated/α-hetero) is 1. The van der Waals surface area contributed by atoms with Gasteiger partial charge in [0.15, 0.2) is 5.78 Å². The molecule has 1 aliphatic rings. The third kappa shape index (κ3) is 3.40. The lowest BCUT2D eigenvalue weighted by Gasteiger charge is -2.20. The lowest BCUT2D eigenvalue weighted by molar-refractivity contribution is 0.0892. The summed E-state index contributed by atoms with van der Waals surface area (Å²) in [5.41, 5.74) is 6.26. The number of aromatic amines is 1. The Morgan fingerprint density at radius 3 is 2.07 bits per heavy atom. The molecule has 1 aromatic heterocycles. The summed E-state index contributed by atoms with van der Waals surface area (Å²) in [4.78, 5) is 17.3. The Hall–Kier alpha value is -3.13. The standard InChI is InChI=1S/C27H25NO/c29-27(21-14-8-3-9-15-21)25-23-18-22(19-10-4-1-5-11-19)16-17-24(23)28-26(25)20-12-6-2-7-13-20/h1-2,4-7,10-13,16-18,21,28H,3,8-9,14-15H2. The highest BCUT2D eigenvalue weighted by Gasteiger charge is 2.28. The Balaban J connectivity index is 1.70. The summed E-state index contributed by atoms with van der Waals surface area (Å²) in [5.74, 6) is 0.450. The van der Waals surface area contributed by atoms with Gasteiger partial charge in [0, 0.05) is 16.8 Å². The first-order chi connectivity index (χ1) is 14.3. The van der Waals surface area contributed by atoms with Crippen LogP contribution in [0.4, 0.5) is 0 Å². The van der Waals surface area contributed by atoms with Gasteiger partial charge in [-0.2, -0.15) is 0 Å². The van der Waals surface area contributed by atoms with Gasteiger partial charge in [0.25, 0.3) is 0 Å². The van der Waals surface area contributed by atoms with Crippen molar-refractivity contribution in [3.05, 3.63) is 84.4 Å². The summed E-state index contributed by atoms with van der Waals surface area (Å²) in [5, 5.41) is 1.04. The molecule has 5 rings (SSSR count). The third-order valence-corrected chi connectivity index (χ3v) is 6.19. The van der Waals surface area contributed by atoms with E-state index < -0.39 is 0 Å². The number of carbonyl (C=O) groups excluding carboxylic acids is 1. The first-order valence-electron chi connectivity index (χ1n) is 10.6. The van der Waals surface area contributed by atoms with Crippen molar-refractivity contribution in [1.29, 1.82) is 0 Å². The number of nitrogens with one attached hydrogen (secondary N) is 1. The minimum Gasteiger partial charge on any atom is -0.354 e. The van der Waals surface area contributed by atoms with E-state index in [4.69, 9.17) is 0 Å². The zero-order chi connectivity index (χ0) is 19.6. The number of H-pyrrole nitrogens is 1. The number of fused-ring (bicyclic) bond motifs is 1. The van der Waals surface area contributed by atoms with Crippen LogP contribution in [0.3, 0.4) is 0 Å². The first-order valence-corrected chi connectivity index (χ1v) is 10.6. The van der Waals surface area contributed by atoms with Gasteiger partial charge in [0.1, 0.15) is 0 Å². The highest BCUT2D eigenvalue weighted by atomic mass is 16.1. The first kappa shape index (κ1) is 17.9. The van der Waals surface area contributed by atoms with Gasteiger partial charge in [0.2, 0.25) is 0 Å². The fraction of sp³-hybridized carbons (Fsp3) is 0.222. The molecule has 0 amide bonds. The molecule has 1 aliphatic carbocycles. The monoisotopic (exact) mass is 379 g/mol. The van der Waals surface area contributed by atoms with E-state index >= 15 is 0 Å². The topological polar surface area (TPSA) is 32.9 Å². The molecule has 0 radical (unpaired) electrons. The molecule has 3 aromatic carbocycles. The number of hydrogen-bond donors (Lipinski definition) is 1. The quantitative estimate of drug-likeness (QED) is 0.372. The molecule has 1 N–H and O–H groups in total. The highest BCUT2D eigenvalue weighted by molar-refractivity contribution is 6.14. The van der Waals surface area contributed by atoms with Crippen LogP contribution >= 0.6 is 0 Å². The number of carbonyl (C=O) groups is 1. The van der Waals surface area contributed by atoms with E-state index in [-0.39, 0.29) is 5.92 Å². The van der Waals surface area contributed by atoms with E-state index in [1.165, 1.54) is 12.0 Å². The predicted octanol–water partition coefficient (Wildman–Crippen LogP) is 7.26. The molecule has 0 unspecified atom stereocenters. The molecular weight excluding hydrogens is 354 g/mol. The molecule has 0 saturated heterocycles. The molecule has 144 valence electrons. The van der Waals surface area contributed by atoms with Crippen molar-refractivity contribution in [2.24, 2.45) is 5.92 Å². The summed E-state index contributed by atoms with van der Waals surface area (Å²) in [6.07, 6.45) is 5.60. The Bertz CT molecular complexity index is 1140. The van der Waals surface area contributed by atoms with Crippen molar-refractivity contribution < 1.29 is 4.79 Å². The second kappa shape index (κ2) is 7.71. The van der Waals surface area contributed by atoms with Crippen molar-refractivity contribution in [3.8, 4) is 22.4 Å². The summed E-state index contributed by atoms with van der Waals surface area (Å²) in [6, 6.07) is 27.1. The number of ketones is 1. The van der Waals surface area contributed by atoms with E-state index in [2.05, 4.69) is 59.6 Å². The minimum absolute atomic E-state index is 0.144. The average Bonchev–Trinajstić information content (AvgIpc) is 3.19. The van der Waals surface area contributed by atoms with Crippen LogP contribution in [0.5, 0.6) is 0 Å². The van der Waals surface area contributed by atoms with Gasteiger partial charge in [-0.3, -0.25) is 4.79 Å². The van der Waals surface area contributed by atoms with E-state index in [9.17, 15) is 4.79 Å². The van der Waals surface area contributed by atoms with Crippen LogP contribution in [0.2, 0.25) is 0 Å². The minimum atomic E-state index is 0.144. The average molecular weight is 380 g/mol. The van der Waals surface area contributed by atoms with Gasteiger partial charge in [-0.05, 0) is 41.7 Å². The van der Waals surface area contributed by atoms with Crippen LogP contribution in [0.15, 0.2) is 78.9 Å². The van der Waals surface area contributed by atoms with Gasteiger partial charge in [-0.1, -0.05) is 86.0 Å². The Kier molecular flexibility index (Phi) is 4.77. The molecule has 2 nitrogen and oxygen atoms in total. The molecule has 0 aliphatic heterocycles. The third-order valence-electron chi connectivity index (χ3n) is 6.19. The van der Waals surface area contributed by atoms with Crippen LogP contribution in [-0.2, 0) is 0 Å². The van der Waals surface area contributed by atoms with Crippen molar-refractivity contribution >= 4 is 16.7 Å². The summed E-state index contributed by atoms with van der Waals surface area (Å²) in [7, 11) is 0. The number of rotatable bonds is 4.